The number of benzene rings is 2. The van der Waals surface area contributed by atoms with Crippen LogP contribution in [0.3, 0.4) is 0 Å². The number of rotatable bonds is 8. The summed E-state index contributed by atoms with van der Waals surface area (Å²) in [5, 5.41) is 13.6. The number of carbonyl (C=O) groups is 1. The third-order valence-corrected chi connectivity index (χ3v) is 6.84. The Morgan fingerprint density at radius 2 is 1.87 bits per heavy atom. The van der Waals surface area contributed by atoms with E-state index in [0.29, 0.717) is 23.0 Å². The van der Waals surface area contributed by atoms with Crippen LogP contribution in [0.1, 0.15) is 49.0 Å². The number of fused-ring (bicyclic) bond motifs is 1. The molecular weight excluding hydrogens is 478 g/mol. The van der Waals surface area contributed by atoms with Crippen molar-refractivity contribution in [1.82, 2.24) is 19.4 Å². The molecule has 2 aromatic heterocycles. The van der Waals surface area contributed by atoms with Gasteiger partial charge in [0.1, 0.15) is 5.75 Å². The number of anilines is 1. The van der Waals surface area contributed by atoms with Crippen molar-refractivity contribution in [2.24, 2.45) is 0 Å². The van der Waals surface area contributed by atoms with Crippen LogP contribution in [0.15, 0.2) is 60.8 Å². The Hall–Kier alpha value is -3.75. The Balaban J connectivity index is 1.44. The average Bonchev–Trinajstić information content (AvgIpc) is 3.23. The zero-order valence-corrected chi connectivity index (χ0v) is 22.3. The molecule has 1 aliphatic rings. The van der Waals surface area contributed by atoms with Gasteiger partial charge in [0.2, 0.25) is 5.95 Å². The van der Waals surface area contributed by atoms with Crippen LogP contribution in [0.25, 0.3) is 22.3 Å². The van der Waals surface area contributed by atoms with Crippen molar-refractivity contribution >= 4 is 22.9 Å². The summed E-state index contributed by atoms with van der Waals surface area (Å²) in [6.07, 6.45) is 5.40. The number of ether oxygens (including phenoxy) is 1. The number of likely N-dealkylation sites (tertiary alicyclic amines) is 1. The van der Waals surface area contributed by atoms with Gasteiger partial charge in [-0.1, -0.05) is 24.6 Å². The van der Waals surface area contributed by atoms with E-state index in [1.54, 1.807) is 39.3 Å². The number of piperidine rings is 1. The van der Waals surface area contributed by atoms with Crippen molar-refractivity contribution < 1.29 is 14.6 Å². The fraction of sp³-hybridized carbons (Fsp3) is 0.367. The first-order valence-electron chi connectivity index (χ1n) is 13.2. The smallest absolute Gasteiger partial charge is 0.258 e. The predicted molar refractivity (Wildman–Crippen MR) is 149 cm³/mol. The molecule has 2 N–H and O–H groups in total. The highest BCUT2D eigenvalue weighted by Gasteiger charge is 2.22. The van der Waals surface area contributed by atoms with Crippen LogP contribution < -0.4 is 10.1 Å². The number of methoxy groups -OCH3 is 1. The summed E-state index contributed by atoms with van der Waals surface area (Å²) in [5.74, 6) is 0.784. The van der Waals surface area contributed by atoms with Gasteiger partial charge in [0.15, 0.2) is 0 Å². The summed E-state index contributed by atoms with van der Waals surface area (Å²) < 4.78 is 7.34. The first-order chi connectivity index (χ1) is 18.3. The van der Waals surface area contributed by atoms with Crippen LogP contribution in [-0.4, -0.2) is 56.2 Å². The van der Waals surface area contributed by atoms with Crippen LogP contribution in [0.2, 0.25) is 0 Å². The lowest BCUT2D eigenvalue weighted by Gasteiger charge is -2.26. The van der Waals surface area contributed by atoms with Gasteiger partial charge in [-0.2, -0.15) is 0 Å². The Labute approximate surface area is 223 Å². The van der Waals surface area contributed by atoms with E-state index >= 15 is 0 Å². The second-order valence-corrected chi connectivity index (χ2v) is 10.6. The Bertz CT molecular complexity index is 1430. The fourth-order valence-electron chi connectivity index (χ4n) is 5.04. The molecule has 4 aromatic rings. The number of aromatic nitrogens is 3. The molecule has 0 saturated carbocycles. The maximum absolute atomic E-state index is 13.4. The molecule has 3 heterocycles. The highest BCUT2D eigenvalue weighted by Crippen LogP contribution is 2.29. The van der Waals surface area contributed by atoms with Crippen LogP contribution >= 0.6 is 0 Å². The minimum atomic E-state index is -0.993. The minimum Gasteiger partial charge on any atom is -0.496 e. The second kappa shape index (κ2) is 10.9. The van der Waals surface area contributed by atoms with Crippen molar-refractivity contribution in [2.75, 3.05) is 25.5 Å². The van der Waals surface area contributed by atoms with Gasteiger partial charge in [-0.05, 0) is 81.7 Å². The van der Waals surface area contributed by atoms with Crippen LogP contribution in [-0.2, 0) is 13.1 Å². The molecule has 5 rings (SSSR count). The zero-order chi connectivity index (χ0) is 26.7. The van der Waals surface area contributed by atoms with E-state index in [0.717, 1.165) is 36.2 Å². The predicted octanol–water partition coefficient (Wildman–Crippen LogP) is 5.12. The van der Waals surface area contributed by atoms with Gasteiger partial charge in [0.05, 0.1) is 36.0 Å². The molecule has 0 atom stereocenters. The van der Waals surface area contributed by atoms with Crippen molar-refractivity contribution in [1.29, 1.82) is 0 Å². The molecule has 1 amide bonds. The van der Waals surface area contributed by atoms with Crippen molar-refractivity contribution in [3.63, 3.8) is 0 Å². The number of para-hydroxylation sites is 1. The third-order valence-electron chi connectivity index (χ3n) is 6.84. The van der Waals surface area contributed by atoms with E-state index in [1.807, 2.05) is 34.9 Å². The minimum absolute atomic E-state index is 0.285. The first-order valence-corrected chi connectivity index (χ1v) is 13.2. The van der Waals surface area contributed by atoms with Gasteiger partial charge in [0, 0.05) is 23.9 Å². The molecule has 1 saturated heterocycles. The number of imidazole rings is 1. The first kappa shape index (κ1) is 25.9. The number of pyridine rings is 1. The molecule has 0 aliphatic carbocycles. The maximum Gasteiger partial charge on any atom is 0.258 e. The quantitative estimate of drug-likeness (QED) is 0.340. The molecule has 0 bridgehead atoms. The molecule has 0 radical (unpaired) electrons. The van der Waals surface area contributed by atoms with Crippen molar-refractivity contribution in [3.8, 4) is 17.0 Å². The molecule has 2 aromatic carbocycles. The standard InChI is InChI=1S/C30H35N5O3/c1-30(2,37)20-35-26-12-11-21(19-34-15-7-4-8-16-34)17-25(26)32-29(35)33-28(36)22-13-14-31-24(18-22)23-9-5-6-10-27(23)38-3/h5-6,9-14,17-18,37H,4,7-8,15-16,19-20H2,1-3H3,(H,32,33,36). The number of amides is 1. The van der Waals surface area contributed by atoms with Gasteiger partial charge in [-0.25, -0.2) is 4.98 Å². The number of carbonyl (C=O) groups excluding carboxylic acids is 1. The Morgan fingerprint density at radius 3 is 2.63 bits per heavy atom. The van der Waals surface area contributed by atoms with Gasteiger partial charge >= 0.3 is 0 Å². The number of aliphatic hydroxyl groups is 1. The van der Waals surface area contributed by atoms with Crippen LogP contribution in [0, 0.1) is 0 Å². The summed E-state index contributed by atoms with van der Waals surface area (Å²) in [6, 6.07) is 17.2. The third kappa shape index (κ3) is 5.87. The second-order valence-electron chi connectivity index (χ2n) is 10.6. The van der Waals surface area contributed by atoms with Crippen molar-refractivity contribution in [3.05, 3.63) is 71.9 Å². The summed E-state index contributed by atoms with van der Waals surface area (Å²) in [7, 11) is 1.61. The molecule has 8 heteroatoms. The van der Waals surface area contributed by atoms with Gasteiger partial charge in [-0.15, -0.1) is 0 Å². The summed E-state index contributed by atoms with van der Waals surface area (Å²) in [4.78, 5) is 25.1. The molecule has 198 valence electrons. The molecule has 0 unspecified atom stereocenters. The summed E-state index contributed by atoms with van der Waals surface area (Å²) in [5.41, 5.74) is 3.77. The van der Waals surface area contributed by atoms with E-state index in [9.17, 15) is 9.90 Å². The molecule has 0 spiro atoms. The zero-order valence-electron chi connectivity index (χ0n) is 22.3. The normalized spacial score (nSPS) is 14.5. The lowest BCUT2D eigenvalue weighted by molar-refractivity contribution is 0.0630. The lowest BCUT2D eigenvalue weighted by atomic mass is 10.1. The molecule has 38 heavy (non-hydrogen) atoms. The number of nitrogens with zero attached hydrogens (tertiary/aromatic N) is 4. The topological polar surface area (TPSA) is 92.5 Å². The molecular formula is C30H35N5O3. The van der Waals surface area contributed by atoms with E-state index in [1.165, 1.54) is 24.8 Å². The summed E-state index contributed by atoms with van der Waals surface area (Å²) >= 11 is 0. The summed E-state index contributed by atoms with van der Waals surface area (Å²) in [6.45, 7) is 6.91. The molecule has 1 aliphatic heterocycles. The van der Waals surface area contributed by atoms with E-state index in [2.05, 4.69) is 27.3 Å². The largest absolute Gasteiger partial charge is 0.496 e. The number of hydrogen-bond acceptors (Lipinski definition) is 6. The maximum atomic E-state index is 13.4. The van der Waals surface area contributed by atoms with Gasteiger partial charge in [-0.3, -0.25) is 20.0 Å². The monoisotopic (exact) mass is 513 g/mol. The van der Waals surface area contributed by atoms with Crippen molar-refractivity contribution in [2.45, 2.75) is 51.8 Å². The highest BCUT2D eigenvalue weighted by molar-refractivity contribution is 6.04. The Kier molecular flexibility index (Phi) is 7.44. The van der Waals surface area contributed by atoms with Gasteiger partial charge in [0.25, 0.3) is 5.91 Å². The van der Waals surface area contributed by atoms with E-state index in [-0.39, 0.29) is 12.5 Å². The average molecular weight is 514 g/mol. The molecule has 8 nitrogen and oxygen atoms in total. The van der Waals surface area contributed by atoms with E-state index < -0.39 is 5.60 Å². The Morgan fingerprint density at radius 1 is 1.08 bits per heavy atom. The van der Waals surface area contributed by atoms with E-state index in [4.69, 9.17) is 9.72 Å². The van der Waals surface area contributed by atoms with Crippen LogP contribution in [0.4, 0.5) is 5.95 Å². The SMILES string of the molecule is COc1ccccc1-c1cc(C(=O)Nc2nc3cc(CN4CCCCC4)ccc3n2CC(C)(C)O)ccn1. The van der Waals surface area contributed by atoms with Gasteiger partial charge < -0.3 is 14.4 Å². The number of nitrogens with one attached hydrogen (secondary N) is 1. The fourth-order valence-corrected chi connectivity index (χ4v) is 5.04. The molecule has 1 fully saturated rings. The number of hydrogen-bond donors (Lipinski definition) is 2. The lowest BCUT2D eigenvalue weighted by Crippen LogP contribution is -2.29. The van der Waals surface area contributed by atoms with Crippen LogP contribution in [0.5, 0.6) is 5.75 Å². The highest BCUT2D eigenvalue weighted by atomic mass is 16.5.